The Morgan fingerprint density at radius 2 is 2.22 bits per heavy atom. The van der Waals surface area contributed by atoms with E-state index >= 15 is 0 Å². The number of carbonyl (C=O) groups excluding carboxylic acids is 1. The van der Waals surface area contributed by atoms with Crippen molar-refractivity contribution in [1.82, 2.24) is 10.2 Å². The molecule has 0 aromatic heterocycles. The molecule has 2 rings (SSSR count). The van der Waals surface area contributed by atoms with Gasteiger partial charge in [-0.2, -0.15) is 0 Å². The van der Waals surface area contributed by atoms with Gasteiger partial charge in [-0.15, -0.1) is 0 Å². The summed E-state index contributed by atoms with van der Waals surface area (Å²) in [6.45, 7) is 3.18. The number of likely N-dealkylation sites (N-methyl/N-ethyl adjacent to an activating group) is 1. The molecular weight excluding hydrogens is 228 g/mol. The lowest BCUT2D eigenvalue weighted by Gasteiger charge is -2.29. The molecule has 2 aliphatic rings. The minimum Gasteiger partial charge on any atom is -0.395 e. The SMILES string of the molecule is CC(NC(=O)CN(C)CCO)C1CC2CCC1C2. The average Bonchev–Trinajstić information content (AvgIpc) is 2.90. The molecule has 0 heterocycles. The quantitative estimate of drug-likeness (QED) is 0.739. The molecule has 0 aliphatic heterocycles. The molecule has 4 atom stereocenters. The van der Waals surface area contributed by atoms with Crippen LogP contribution in [0.5, 0.6) is 0 Å². The van der Waals surface area contributed by atoms with Crippen molar-refractivity contribution in [1.29, 1.82) is 0 Å². The number of hydrogen-bond donors (Lipinski definition) is 2. The maximum Gasteiger partial charge on any atom is 0.234 e. The average molecular weight is 254 g/mol. The Morgan fingerprint density at radius 1 is 1.44 bits per heavy atom. The fraction of sp³-hybridized carbons (Fsp3) is 0.929. The highest BCUT2D eigenvalue weighted by Crippen LogP contribution is 2.49. The Kier molecular flexibility index (Phi) is 4.62. The number of nitrogens with one attached hydrogen (secondary N) is 1. The van der Waals surface area contributed by atoms with Gasteiger partial charge in [0, 0.05) is 12.6 Å². The van der Waals surface area contributed by atoms with Crippen molar-refractivity contribution in [2.75, 3.05) is 26.7 Å². The van der Waals surface area contributed by atoms with Crippen LogP contribution in [0.4, 0.5) is 0 Å². The second-order valence-corrected chi connectivity index (χ2v) is 6.16. The van der Waals surface area contributed by atoms with Crippen LogP contribution in [0.3, 0.4) is 0 Å². The van der Waals surface area contributed by atoms with E-state index in [2.05, 4.69) is 12.2 Å². The van der Waals surface area contributed by atoms with Gasteiger partial charge in [0.25, 0.3) is 0 Å². The number of aliphatic hydroxyl groups is 1. The zero-order valence-electron chi connectivity index (χ0n) is 11.6. The first-order valence-electron chi connectivity index (χ1n) is 7.19. The lowest BCUT2D eigenvalue weighted by Crippen LogP contribution is -2.44. The fourth-order valence-electron chi connectivity index (χ4n) is 3.81. The maximum absolute atomic E-state index is 11.9. The zero-order valence-corrected chi connectivity index (χ0v) is 11.6. The number of amides is 1. The number of rotatable bonds is 6. The van der Waals surface area contributed by atoms with Crippen molar-refractivity contribution in [3.05, 3.63) is 0 Å². The van der Waals surface area contributed by atoms with Crippen LogP contribution < -0.4 is 5.32 Å². The summed E-state index contributed by atoms with van der Waals surface area (Å²) >= 11 is 0. The lowest BCUT2D eigenvalue weighted by atomic mass is 9.84. The topological polar surface area (TPSA) is 52.6 Å². The van der Waals surface area contributed by atoms with Gasteiger partial charge in [0.05, 0.1) is 13.2 Å². The summed E-state index contributed by atoms with van der Waals surface area (Å²) in [6, 6.07) is 0.301. The van der Waals surface area contributed by atoms with Crippen LogP contribution in [0.25, 0.3) is 0 Å². The summed E-state index contributed by atoms with van der Waals surface area (Å²) in [5.74, 6) is 2.55. The third-order valence-corrected chi connectivity index (χ3v) is 4.72. The van der Waals surface area contributed by atoms with Crippen molar-refractivity contribution in [3.8, 4) is 0 Å². The summed E-state index contributed by atoms with van der Waals surface area (Å²) in [5, 5.41) is 11.9. The molecule has 2 fully saturated rings. The molecule has 2 aliphatic carbocycles. The highest BCUT2D eigenvalue weighted by molar-refractivity contribution is 5.78. The molecule has 4 unspecified atom stereocenters. The van der Waals surface area contributed by atoms with Crippen LogP contribution in [0.1, 0.15) is 32.6 Å². The van der Waals surface area contributed by atoms with Crippen LogP contribution in [0, 0.1) is 17.8 Å². The van der Waals surface area contributed by atoms with Crippen molar-refractivity contribution in [2.24, 2.45) is 17.8 Å². The van der Waals surface area contributed by atoms with E-state index in [-0.39, 0.29) is 12.5 Å². The largest absolute Gasteiger partial charge is 0.395 e. The molecule has 2 saturated carbocycles. The Morgan fingerprint density at radius 3 is 2.78 bits per heavy atom. The van der Waals surface area contributed by atoms with Crippen molar-refractivity contribution in [3.63, 3.8) is 0 Å². The third kappa shape index (κ3) is 3.23. The van der Waals surface area contributed by atoms with Crippen molar-refractivity contribution in [2.45, 2.75) is 38.6 Å². The van der Waals surface area contributed by atoms with Crippen LogP contribution in [-0.4, -0.2) is 48.7 Å². The summed E-state index contributed by atoms with van der Waals surface area (Å²) < 4.78 is 0. The number of fused-ring (bicyclic) bond motifs is 2. The Bertz CT molecular complexity index is 296. The molecule has 0 aromatic carbocycles. The highest BCUT2D eigenvalue weighted by atomic mass is 16.3. The maximum atomic E-state index is 11.9. The molecule has 0 aromatic rings. The first-order chi connectivity index (χ1) is 8.60. The molecule has 18 heavy (non-hydrogen) atoms. The third-order valence-electron chi connectivity index (χ3n) is 4.72. The van der Waals surface area contributed by atoms with Crippen molar-refractivity contribution >= 4 is 5.91 Å². The Balaban J connectivity index is 1.73. The molecule has 4 heteroatoms. The van der Waals surface area contributed by atoms with E-state index in [0.29, 0.717) is 25.0 Å². The minimum atomic E-state index is 0.0845. The van der Waals surface area contributed by atoms with E-state index in [1.165, 1.54) is 25.7 Å². The molecule has 4 nitrogen and oxygen atoms in total. The minimum absolute atomic E-state index is 0.0845. The molecule has 104 valence electrons. The molecular formula is C14H26N2O2. The van der Waals surface area contributed by atoms with Crippen LogP contribution in [0.2, 0.25) is 0 Å². The van der Waals surface area contributed by atoms with Gasteiger partial charge in [-0.05, 0) is 51.0 Å². The molecule has 2 N–H and O–H groups in total. The monoisotopic (exact) mass is 254 g/mol. The molecule has 0 saturated heterocycles. The number of nitrogens with zero attached hydrogens (tertiary/aromatic N) is 1. The van der Waals surface area contributed by atoms with Gasteiger partial charge in [-0.3, -0.25) is 9.69 Å². The van der Waals surface area contributed by atoms with Crippen LogP contribution in [-0.2, 0) is 4.79 Å². The van der Waals surface area contributed by atoms with Gasteiger partial charge in [0.1, 0.15) is 0 Å². The smallest absolute Gasteiger partial charge is 0.234 e. The normalized spacial score (nSPS) is 31.9. The lowest BCUT2D eigenvalue weighted by molar-refractivity contribution is -0.123. The van der Waals surface area contributed by atoms with Gasteiger partial charge >= 0.3 is 0 Å². The second kappa shape index (κ2) is 6.02. The number of hydrogen-bond acceptors (Lipinski definition) is 3. The van der Waals surface area contributed by atoms with Crippen molar-refractivity contribution < 1.29 is 9.90 Å². The first-order valence-corrected chi connectivity index (χ1v) is 7.19. The molecule has 0 spiro atoms. The second-order valence-electron chi connectivity index (χ2n) is 6.16. The number of carbonyl (C=O) groups is 1. The summed E-state index contributed by atoms with van der Waals surface area (Å²) in [6.07, 6.45) is 5.45. The molecule has 2 bridgehead atoms. The highest BCUT2D eigenvalue weighted by Gasteiger charge is 2.42. The van der Waals surface area contributed by atoms with Gasteiger partial charge in [-0.25, -0.2) is 0 Å². The standard InChI is InChI=1S/C14H26N2O2/c1-10(13-8-11-3-4-12(13)7-11)15-14(18)9-16(2)5-6-17/h10-13,17H,3-9H2,1-2H3,(H,15,18). The van der Waals surface area contributed by atoms with E-state index in [1.807, 2.05) is 11.9 Å². The van der Waals surface area contributed by atoms with Gasteiger partial charge in [0.15, 0.2) is 0 Å². The molecule has 1 amide bonds. The summed E-state index contributed by atoms with van der Waals surface area (Å²) in [5.41, 5.74) is 0. The molecule has 0 radical (unpaired) electrons. The summed E-state index contributed by atoms with van der Waals surface area (Å²) in [7, 11) is 1.86. The number of aliphatic hydroxyl groups excluding tert-OH is 1. The zero-order chi connectivity index (χ0) is 13.1. The Hall–Kier alpha value is -0.610. The van der Waals surface area contributed by atoms with Gasteiger partial charge < -0.3 is 10.4 Å². The van der Waals surface area contributed by atoms with E-state index in [1.54, 1.807) is 0 Å². The van der Waals surface area contributed by atoms with E-state index < -0.39 is 0 Å². The van der Waals surface area contributed by atoms with Gasteiger partial charge in [0.2, 0.25) is 5.91 Å². The van der Waals surface area contributed by atoms with E-state index in [4.69, 9.17) is 5.11 Å². The predicted octanol–water partition coefficient (Wildman–Crippen LogP) is 0.851. The Labute approximate surface area is 110 Å². The predicted molar refractivity (Wildman–Crippen MR) is 71.1 cm³/mol. The van der Waals surface area contributed by atoms with Gasteiger partial charge in [-0.1, -0.05) is 6.42 Å². The first kappa shape index (κ1) is 13.8. The fourth-order valence-corrected chi connectivity index (χ4v) is 3.81. The van der Waals surface area contributed by atoms with Crippen LogP contribution >= 0.6 is 0 Å². The van der Waals surface area contributed by atoms with E-state index in [9.17, 15) is 4.79 Å². The van der Waals surface area contributed by atoms with Crippen LogP contribution in [0.15, 0.2) is 0 Å². The summed E-state index contributed by atoms with van der Waals surface area (Å²) in [4.78, 5) is 13.7. The van der Waals surface area contributed by atoms with E-state index in [0.717, 1.165) is 11.8 Å².